The Morgan fingerprint density at radius 1 is 1.03 bits per heavy atom. The molecule has 1 aromatic heterocycles. The van der Waals surface area contributed by atoms with Gasteiger partial charge in [0.15, 0.2) is 0 Å². The van der Waals surface area contributed by atoms with Gasteiger partial charge in [-0.2, -0.15) is 0 Å². The molecular formula is C21H18F3N3O5S. The number of rotatable bonds is 8. The van der Waals surface area contributed by atoms with Crippen molar-refractivity contribution in [2.45, 2.75) is 11.3 Å². The molecule has 3 rings (SSSR count). The Labute approximate surface area is 187 Å². The molecule has 1 N–H and O–H groups in total. The molecule has 3 aromatic rings. The molecule has 0 bridgehead atoms. The van der Waals surface area contributed by atoms with Crippen LogP contribution in [-0.4, -0.2) is 39.3 Å². The third-order valence-electron chi connectivity index (χ3n) is 4.24. The minimum absolute atomic E-state index is 0.123. The summed E-state index contributed by atoms with van der Waals surface area (Å²) >= 11 is 0. The predicted molar refractivity (Wildman–Crippen MR) is 114 cm³/mol. The van der Waals surface area contributed by atoms with Crippen molar-refractivity contribution in [1.29, 1.82) is 0 Å². The molecule has 0 saturated carbocycles. The smallest absolute Gasteiger partial charge is 0.497 e. The van der Waals surface area contributed by atoms with E-state index in [2.05, 4.69) is 15.0 Å². The van der Waals surface area contributed by atoms with Gasteiger partial charge in [-0.25, -0.2) is 8.42 Å². The fourth-order valence-electron chi connectivity index (χ4n) is 2.76. The van der Waals surface area contributed by atoms with Crippen molar-refractivity contribution in [2.24, 2.45) is 0 Å². The van der Waals surface area contributed by atoms with Crippen LogP contribution < -0.4 is 19.1 Å². The number of benzene rings is 2. The van der Waals surface area contributed by atoms with Crippen LogP contribution in [0.25, 0.3) is 0 Å². The molecule has 0 spiro atoms. The monoisotopic (exact) mass is 481 g/mol. The van der Waals surface area contributed by atoms with Crippen LogP contribution in [0.1, 0.15) is 0 Å². The quantitative estimate of drug-likeness (QED) is 0.525. The van der Waals surface area contributed by atoms with E-state index in [1.807, 2.05) is 0 Å². The lowest BCUT2D eigenvalue weighted by molar-refractivity contribution is -0.274. The fourth-order valence-corrected chi connectivity index (χ4v) is 4.15. The van der Waals surface area contributed by atoms with Crippen LogP contribution in [0.5, 0.6) is 11.5 Å². The van der Waals surface area contributed by atoms with Crippen LogP contribution in [0.15, 0.2) is 78.0 Å². The average Bonchev–Trinajstić information content (AvgIpc) is 2.78. The zero-order valence-electron chi connectivity index (χ0n) is 17.1. The number of amides is 1. The minimum Gasteiger partial charge on any atom is -0.497 e. The summed E-state index contributed by atoms with van der Waals surface area (Å²) in [5, 5.41) is 2.46. The highest BCUT2D eigenvalue weighted by Gasteiger charge is 2.31. The molecule has 1 heterocycles. The van der Waals surface area contributed by atoms with Crippen molar-refractivity contribution in [3.05, 3.63) is 73.1 Å². The van der Waals surface area contributed by atoms with E-state index in [-0.39, 0.29) is 16.3 Å². The maximum absolute atomic E-state index is 13.2. The van der Waals surface area contributed by atoms with Crippen LogP contribution >= 0.6 is 0 Å². The maximum atomic E-state index is 13.2. The number of anilines is 2. The van der Waals surface area contributed by atoms with E-state index in [1.165, 1.54) is 49.7 Å². The second-order valence-corrected chi connectivity index (χ2v) is 8.38. The maximum Gasteiger partial charge on any atom is 0.573 e. The van der Waals surface area contributed by atoms with Gasteiger partial charge in [-0.1, -0.05) is 0 Å². The number of sulfonamides is 1. The molecule has 0 aliphatic rings. The molecular weight excluding hydrogens is 463 g/mol. The summed E-state index contributed by atoms with van der Waals surface area (Å²) in [5.41, 5.74) is 0.353. The molecule has 33 heavy (non-hydrogen) atoms. The summed E-state index contributed by atoms with van der Waals surface area (Å²) in [7, 11) is -2.71. The number of nitrogens with zero attached hydrogens (tertiary/aromatic N) is 2. The van der Waals surface area contributed by atoms with Gasteiger partial charge >= 0.3 is 6.36 Å². The van der Waals surface area contributed by atoms with Gasteiger partial charge in [-0.05, 0) is 60.7 Å². The number of ether oxygens (including phenoxy) is 2. The van der Waals surface area contributed by atoms with E-state index in [0.29, 0.717) is 5.75 Å². The summed E-state index contributed by atoms with van der Waals surface area (Å²) in [6, 6.07) is 13.3. The lowest BCUT2D eigenvalue weighted by atomic mass is 10.3. The number of aromatic nitrogens is 1. The number of hydrogen-bond donors (Lipinski definition) is 1. The molecule has 8 nitrogen and oxygen atoms in total. The van der Waals surface area contributed by atoms with Crippen molar-refractivity contribution in [1.82, 2.24) is 4.98 Å². The van der Waals surface area contributed by atoms with Crippen LogP contribution in [0.3, 0.4) is 0 Å². The van der Waals surface area contributed by atoms with Crippen LogP contribution in [0.2, 0.25) is 0 Å². The summed E-state index contributed by atoms with van der Waals surface area (Å²) in [4.78, 5) is 16.3. The first-order chi connectivity index (χ1) is 15.6. The molecule has 0 atom stereocenters. The zero-order chi connectivity index (χ0) is 24.1. The Hall–Kier alpha value is -3.80. The van der Waals surface area contributed by atoms with Crippen molar-refractivity contribution in [3.8, 4) is 11.5 Å². The number of nitrogens with one attached hydrogen (secondary N) is 1. The van der Waals surface area contributed by atoms with E-state index in [0.717, 1.165) is 22.6 Å². The standard InChI is InChI=1S/C21H18F3N3O5S/c1-31-17-10-6-16(7-11-17)27(33(29,30)19-3-2-12-25-13-19)14-20(28)26-15-4-8-18(9-5-15)32-21(22,23)24/h2-13H,14H2,1H3,(H,26,28). The molecule has 0 aliphatic heterocycles. The van der Waals surface area contributed by atoms with Gasteiger partial charge in [-0.3, -0.25) is 14.1 Å². The van der Waals surface area contributed by atoms with E-state index < -0.39 is 34.6 Å². The molecule has 0 saturated heterocycles. The van der Waals surface area contributed by atoms with Crippen LogP contribution in [-0.2, 0) is 14.8 Å². The Bertz CT molecular complexity index is 1190. The van der Waals surface area contributed by atoms with Gasteiger partial charge in [0.1, 0.15) is 22.9 Å². The summed E-state index contributed by atoms with van der Waals surface area (Å²) in [6.45, 7) is -0.607. The summed E-state index contributed by atoms with van der Waals surface area (Å²) < 4.78 is 73.0. The second-order valence-electron chi connectivity index (χ2n) is 6.52. The van der Waals surface area contributed by atoms with Crippen molar-refractivity contribution in [3.63, 3.8) is 0 Å². The molecule has 0 radical (unpaired) electrons. The topological polar surface area (TPSA) is 97.8 Å². The molecule has 0 unspecified atom stereocenters. The van der Waals surface area contributed by atoms with Crippen LogP contribution in [0.4, 0.5) is 24.5 Å². The van der Waals surface area contributed by atoms with Crippen molar-refractivity contribution in [2.75, 3.05) is 23.3 Å². The first-order valence-corrected chi connectivity index (χ1v) is 10.7. The number of halogens is 3. The van der Waals surface area contributed by atoms with E-state index in [1.54, 1.807) is 12.1 Å². The second kappa shape index (κ2) is 9.77. The lowest BCUT2D eigenvalue weighted by Gasteiger charge is -2.24. The number of methoxy groups -OCH3 is 1. The third-order valence-corrected chi connectivity index (χ3v) is 6.00. The van der Waals surface area contributed by atoms with Gasteiger partial charge in [0.2, 0.25) is 5.91 Å². The Morgan fingerprint density at radius 2 is 1.67 bits per heavy atom. The first kappa shape index (κ1) is 23.9. The largest absolute Gasteiger partial charge is 0.573 e. The average molecular weight is 481 g/mol. The molecule has 1 amide bonds. The molecule has 12 heteroatoms. The Balaban J connectivity index is 1.83. The molecule has 174 valence electrons. The minimum atomic E-state index is -4.84. The number of pyridine rings is 1. The van der Waals surface area contributed by atoms with Crippen molar-refractivity contribution < 1.29 is 35.9 Å². The lowest BCUT2D eigenvalue weighted by Crippen LogP contribution is -2.38. The van der Waals surface area contributed by atoms with Crippen LogP contribution in [0, 0.1) is 0 Å². The number of hydrogen-bond acceptors (Lipinski definition) is 6. The van der Waals surface area contributed by atoms with E-state index in [9.17, 15) is 26.4 Å². The number of alkyl halides is 3. The number of carbonyl (C=O) groups excluding carboxylic acids is 1. The van der Waals surface area contributed by atoms with Gasteiger partial charge in [0, 0.05) is 18.1 Å². The van der Waals surface area contributed by atoms with Gasteiger partial charge in [0.05, 0.1) is 12.8 Å². The first-order valence-electron chi connectivity index (χ1n) is 9.31. The van der Waals surface area contributed by atoms with Crippen molar-refractivity contribution >= 4 is 27.3 Å². The van der Waals surface area contributed by atoms with Gasteiger partial charge in [-0.15, -0.1) is 13.2 Å². The normalized spacial score (nSPS) is 11.5. The molecule has 0 fully saturated rings. The summed E-state index contributed by atoms with van der Waals surface area (Å²) in [5.74, 6) is -0.689. The zero-order valence-corrected chi connectivity index (χ0v) is 17.9. The Morgan fingerprint density at radius 3 is 2.21 bits per heavy atom. The van der Waals surface area contributed by atoms with Gasteiger partial charge in [0.25, 0.3) is 10.0 Å². The van der Waals surface area contributed by atoms with E-state index >= 15 is 0 Å². The third kappa shape index (κ3) is 6.35. The SMILES string of the molecule is COc1ccc(N(CC(=O)Nc2ccc(OC(F)(F)F)cc2)S(=O)(=O)c2cccnc2)cc1. The highest BCUT2D eigenvalue weighted by Crippen LogP contribution is 2.26. The molecule has 2 aromatic carbocycles. The Kier molecular flexibility index (Phi) is 7.07. The van der Waals surface area contributed by atoms with E-state index in [4.69, 9.17) is 4.74 Å². The summed E-state index contributed by atoms with van der Waals surface area (Å²) in [6.07, 6.45) is -2.27. The highest BCUT2D eigenvalue weighted by atomic mass is 32.2. The van der Waals surface area contributed by atoms with Gasteiger partial charge < -0.3 is 14.8 Å². The molecule has 0 aliphatic carbocycles. The number of carbonyl (C=O) groups is 1. The fraction of sp³-hybridized carbons (Fsp3) is 0.143. The predicted octanol–water partition coefficient (Wildman–Crippen LogP) is 3.82. The highest BCUT2D eigenvalue weighted by molar-refractivity contribution is 7.92.